The highest BCUT2D eigenvalue weighted by atomic mass is 14.8. The van der Waals surface area contributed by atoms with E-state index in [9.17, 15) is 0 Å². The molecule has 2 aromatic rings. The largest absolute Gasteiger partial charge is 0.399 e. The number of benzene rings is 1. The predicted octanol–water partition coefficient (Wildman–Crippen LogP) is 3.31. The van der Waals surface area contributed by atoms with Gasteiger partial charge in [0.05, 0.1) is 11.4 Å². The quantitative estimate of drug-likeness (QED) is 0.821. The summed E-state index contributed by atoms with van der Waals surface area (Å²) in [7, 11) is 0. The maximum absolute atomic E-state index is 5.71. The minimum atomic E-state index is 0.193. The smallest absolute Gasteiger partial charge is 0.0917 e. The van der Waals surface area contributed by atoms with Gasteiger partial charge in [-0.15, -0.1) is 0 Å². The van der Waals surface area contributed by atoms with Crippen molar-refractivity contribution in [3.05, 3.63) is 42.4 Å². The third kappa shape index (κ3) is 3.06. The summed E-state index contributed by atoms with van der Waals surface area (Å²) in [6.07, 6.45) is 4.39. The number of hydrogen-bond acceptors (Lipinski definition) is 3. The molecule has 0 spiro atoms. The number of rotatable bonds is 2. The van der Waals surface area contributed by atoms with Crippen LogP contribution in [0, 0.1) is 5.41 Å². The van der Waals surface area contributed by atoms with Crippen molar-refractivity contribution in [2.75, 3.05) is 5.73 Å². The van der Waals surface area contributed by atoms with E-state index in [4.69, 9.17) is 5.73 Å². The summed E-state index contributed by atoms with van der Waals surface area (Å²) < 4.78 is 0. The predicted molar refractivity (Wildman–Crippen MR) is 75.0 cm³/mol. The first-order valence-electron chi connectivity index (χ1n) is 6.11. The Balaban J connectivity index is 2.41. The number of anilines is 1. The lowest BCUT2D eigenvalue weighted by molar-refractivity contribution is 0.406. The van der Waals surface area contributed by atoms with Gasteiger partial charge in [-0.25, -0.2) is 0 Å². The van der Waals surface area contributed by atoms with E-state index < -0.39 is 0 Å². The monoisotopic (exact) mass is 241 g/mol. The lowest BCUT2D eigenvalue weighted by Gasteiger charge is -2.19. The molecule has 18 heavy (non-hydrogen) atoms. The first-order chi connectivity index (χ1) is 8.46. The second-order valence-corrected chi connectivity index (χ2v) is 5.71. The standard InChI is InChI=1S/C15H19N3/c1-15(2,3)10-13-14(18-9-8-17-13)11-4-6-12(16)7-5-11/h4-9H,10,16H2,1-3H3. The average molecular weight is 241 g/mol. The van der Waals surface area contributed by atoms with E-state index in [1.54, 1.807) is 12.4 Å². The van der Waals surface area contributed by atoms with Crippen LogP contribution in [0.5, 0.6) is 0 Å². The molecule has 0 aliphatic carbocycles. The van der Waals surface area contributed by atoms with Gasteiger partial charge in [0.1, 0.15) is 0 Å². The fourth-order valence-electron chi connectivity index (χ4n) is 1.88. The Hall–Kier alpha value is -1.90. The van der Waals surface area contributed by atoms with E-state index >= 15 is 0 Å². The van der Waals surface area contributed by atoms with Crippen molar-refractivity contribution in [3.8, 4) is 11.3 Å². The van der Waals surface area contributed by atoms with Crippen LogP contribution in [0.1, 0.15) is 26.5 Å². The number of nitrogens with zero attached hydrogens (tertiary/aromatic N) is 2. The molecule has 0 saturated carbocycles. The van der Waals surface area contributed by atoms with Gasteiger partial charge in [-0.2, -0.15) is 0 Å². The molecular formula is C15H19N3. The molecule has 94 valence electrons. The van der Waals surface area contributed by atoms with Crippen molar-refractivity contribution >= 4 is 5.69 Å². The summed E-state index contributed by atoms with van der Waals surface area (Å²) in [5.41, 5.74) is 9.72. The number of hydrogen-bond donors (Lipinski definition) is 1. The number of aromatic nitrogens is 2. The Kier molecular flexibility index (Phi) is 3.32. The topological polar surface area (TPSA) is 51.8 Å². The molecule has 0 fully saturated rings. The summed E-state index contributed by atoms with van der Waals surface area (Å²) in [5, 5.41) is 0. The molecule has 0 unspecified atom stereocenters. The van der Waals surface area contributed by atoms with Gasteiger partial charge in [0.15, 0.2) is 0 Å². The molecule has 3 nitrogen and oxygen atoms in total. The van der Waals surface area contributed by atoms with Crippen LogP contribution in [0.4, 0.5) is 5.69 Å². The molecule has 0 atom stereocenters. The summed E-state index contributed by atoms with van der Waals surface area (Å²) in [6.45, 7) is 6.61. The van der Waals surface area contributed by atoms with Crippen molar-refractivity contribution in [1.82, 2.24) is 9.97 Å². The third-order valence-electron chi connectivity index (χ3n) is 2.66. The zero-order valence-corrected chi connectivity index (χ0v) is 11.1. The van der Waals surface area contributed by atoms with Crippen molar-refractivity contribution < 1.29 is 0 Å². The van der Waals surface area contributed by atoms with Crippen LogP contribution < -0.4 is 5.73 Å². The van der Waals surface area contributed by atoms with Crippen LogP contribution in [-0.4, -0.2) is 9.97 Å². The maximum atomic E-state index is 5.71. The zero-order chi connectivity index (χ0) is 13.2. The van der Waals surface area contributed by atoms with E-state index in [1.165, 1.54) is 0 Å². The minimum absolute atomic E-state index is 0.193. The van der Waals surface area contributed by atoms with Crippen molar-refractivity contribution in [2.24, 2.45) is 5.41 Å². The zero-order valence-electron chi connectivity index (χ0n) is 11.1. The van der Waals surface area contributed by atoms with Crippen LogP contribution in [0.2, 0.25) is 0 Å². The van der Waals surface area contributed by atoms with Crippen molar-refractivity contribution in [1.29, 1.82) is 0 Å². The lowest BCUT2D eigenvalue weighted by Crippen LogP contribution is -2.12. The highest BCUT2D eigenvalue weighted by molar-refractivity contribution is 5.63. The van der Waals surface area contributed by atoms with Crippen LogP contribution in [0.15, 0.2) is 36.7 Å². The molecule has 1 heterocycles. The Morgan fingerprint density at radius 3 is 2.22 bits per heavy atom. The van der Waals surface area contributed by atoms with Crippen LogP contribution >= 0.6 is 0 Å². The van der Waals surface area contributed by atoms with Crippen molar-refractivity contribution in [2.45, 2.75) is 27.2 Å². The molecular weight excluding hydrogens is 222 g/mol. The van der Waals surface area contributed by atoms with E-state index in [0.717, 1.165) is 29.1 Å². The summed E-state index contributed by atoms with van der Waals surface area (Å²) in [5.74, 6) is 0. The van der Waals surface area contributed by atoms with Gasteiger partial charge in [0.25, 0.3) is 0 Å². The van der Waals surface area contributed by atoms with E-state index in [-0.39, 0.29) is 5.41 Å². The van der Waals surface area contributed by atoms with E-state index in [1.807, 2.05) is 24.3 Å². The minimum Gasteiger partial charge on any atom is -0.399 e. The van der Waals surface area contributed by atoms with Gasteiger partial charge in [-0.1, -0.05) is 32.9 Å². The molecule has 0 aliphatic rings. The molecule has 1 aromatic heterocycles. The maximum Gasteiger partial charge on any atom is 0.0917 e. The molecule has 0 bridgehead atoms. The molecule has 0 aliphatic heterocycles. The normalized spacial score (nSPS) is 11.5. The summed E-state index contributed by atoms with van der Waals surface area (Å²) >= 11 is 0. The molecule has 3 heteroatoms. The second kappa shape index (κ2) is 4.77. The average Bonchev–Trinajstić information content (AvgIpc) is 2.29. The van der Waals surface area contributed by atoms with Gasteiger partial charge < -0.3 is 5.73 Å². The first-order valence-corrected chi connectivity index (χ1v) is 6.11. The van der Waals surface area contributed by atoms with Crippen LogP contribution in [0.25, 0.3) is 11.3 Å². The Labute approximate surface area is 108 Å². The number of nitrogen functional groups attached to an aromatic ring is 1. The second-order valence-electron chi connectivity index (χ2n) is 5.71. The summed E-state index contributed by atoms with van der Waals surface area (Å²) in [6, 6.07) is 7.77. The molecule has 2 rings (SSSR count). The van der Waals surface area contributed by atoms with Crippen LogP contribution in [-0.2, 0) is 6.42 Å². The van der Waals surface area contributed by atoms with Gasteiger partial charge in [0, 0.05) is 23.6 Å². The van der Waals surface area contributed by atoms with Crippen LogP contribution in [0.3, 0.4) is 0 Å². The molecule has 1 aromatic carbocycles. The third-order valence-corrected chi connectivity index (χ3v) is 2.66. The molecule has 2 N–H and O–H groups in total. The van der Waals surface area contributed by atoms with E-state index in [2.05, 4.69) is 30.7 Å². The Bertz CT molecular complexity index is 524. The van der Waals surface area contributed by atoms with Gasteiger partial charge in [0.2, 0.25) is 0 Å². The Morgan fingerprint density at radius 1 is 1.00 bits per heavy atom. The van der Waals surface area contributed by atoms with Gasteiger partial charge in [-0.3, -0.25) is 9.97 Å². The van der Waals surface area contributed by atoms with Crippen molar-refractivity contribution in [3.63, 3.8) is 0 Å². The SMILES string of the molecule is CC(C)(C)Cc1nccnc1-c1ccc(N)cc1. The highest BCUT2D eigenvalue weighted by Crippen LogP contribution is 2.26. The molecule has 0 radical (unpaired) electrons. The fourth-order valence-corrected chi connectivity index (χ4v) is 1.88. The summed E-state index contributed by atoms with van der Waals surface area (Å²) in [4.78, 5) is 8.93. The van der Waals surface area contributed by atoms with Gasteiger partial charge >= 0.3 is 0 Å². The van der Waals surface area contributed by atoms with E-state index in [0.29, 0.717) is 0 Å². The highest BCUT2D eigenvalue weighted by Gasteiger charge is 2.16. The molecule has 0 amide bonds. The first kappa shape index (κ1) is 12.6. The molecule has 0 saturated heterocycles. The Morgan fingerprint density at radius 2 is 1.61 bits per heavy atom. The van der Waals surface area contributed by atoms with Gasteiger partial charge in [-0.05, 0) is 24.0 Å². The fraction of sp³-hybridized carbons (Fsp3) is 0.333. The lowest BCUT2D eigenvalue weighted by atomic mass is 9.89. The number of nitrogens with two attached hydrogens (primary N) is 1.